The van der Waals surface area contributed by atoms with Crippen LogP contribution in [0.5, 0.6) is 0 Å². The quantitative estimate of drug-likeness (QED) is 0.162. The maximum atomic E-state index is 11.8. The fraction of sp³-hybridized carbons (Fsp3) is 0. The molecule has 0 fully saturated rings. The Hall–Kier alpha value is -5.04. The Kier molecular flexibility index (Phi) is 8.54. The number of nitrogens with one attached hydrogen (secondary N) is 2. The molecular weight excluding hydrogens is 512 g/mol. The Morgan fingerprint density at radius 2 is 1.35 bits per heavy atom. The average molecular weight is 529 g/mol. The van der Waals surface area contributed by atoms with Gasteiger partial charge in [0.15, 0.2) is 0 Å². The summed E-state index contributed by atoms with van der Waals surface area (Å²) in [6, 6.07) is 15.9. The zero-order valence-electron chi connectivity index (χ0n) is 18.8. The predicted octanol–water partition coefficient (Wildman–Crippen LogP) is 5.90. The summed E-state index contributed by atoms with van der Waals surface area (Å²) in [5, 5.41) is 12.9. The van der Waals surface area contributed by atoms with Gasteiger partial charge in [-0.05, 0) is 47.0 Å². The molecule has 12 nitrogen and oxygen atoms in total. The number of urea groups is 1. The minimum atomic E-state index is -0.680. The lowest BCUT2D eigenvalue weighted by Crippen LogP contribution is -2.20. The van der Waals surface area contributed by atoms with E-state index in [1.165, 1.54) is 22.7 Å². The Balaban J connectivity index is 0.000000180. The Morgan fingerprint density at radius 3 is 1.95 bits per heavy atom. The van der Waals surface area contributed by atoms with Gasteiger partial charge in [0.05, 0.1) is 11.4 Å². The number of aromatic nitrogens is 5. The molecule has 5 rings (SSSR count). The van der Waals surface area contributed by atoms with Crippen molar-refractivity contribution in [3.8, 4) is 21.4 Å². The van der Waals surface area contributed by atoms with Crippen LogP contribution in [0.2, 0.25) is 0 Å². The minimum absolute atomic E-state index is 0.142. The molecule has 37 heavy (non-hydrogen) atoms. The first-order valence-electron chi connectivity index (χ1n) is 10.4. The van der Waals surface area contributed by atoms with Gasteiger partial charge in [-0.2, -0.15) is 0 Å². The molecule has 0 unspecified atom stereocenters. The standard InChI is InChI=1S/C14H11N5OS.C9H5N5OS/c20-14(18-11-6-2-4-8-16-11)19-12-9-21-13(17-12)10-5-1-3-7-15-10;10-14-13-8(15)7-5-16-9(12-7)6-3-1-2-4-11-6/h1-9H,(H2,16,18,19,20);1-5H. The SMILES string of the molecule is O=C(Nc1ccccn1)Nc1csc(-c2ccccn2)n1.[N-]=[N+]=NC(=O)c1csc(-c2ccccn2)n1. The number of amides is 3. The summed E-state index contributed by atoms with van der Waals surface area (Å²) >= 11 is 2.70. The number of hydrogen-bond acceptors (Lipinski definition) is 9. The largest absolute Gasteiger partial charge is 0.326 e. The maximum Gasteiger partial charge on any atom is 0.326 e. The van der Waals surface area contributed by atoms with Gasteiger partial charge in [-0.15, -0.1) is 22.7 Å². The van der Waals surface area contributed by atoms with Gasteiger partial charge in [0.25, 0.3) is 5.91 Å². The van der Waals surface area contributed by atoms with Gasteiger partial charge in [-0.1, -0.05) is 18.2 Å². The third-order valence-corrected chi connectivity index (χ3v) is 6.01. The highest BCUT2D eigenvalue weighted by molar-refractivity contribution is 7.13. The van der Waals surface area contributed by atoms with Crippen LogP contribution < -0.4 is 10.6 Å². The van der Waals surface area contributed by atoms with Gasteiger partial charge in [0, 0.05) is 34.3 Å². The lowest BCUT2D eigenvalue weighted by atomic mass is 10.4. The number of nitrogens with zero attached hydrogens (tertiary/aromatic N) is 8. The molecule has 0 aliphatic carbocycles. The second-order valence-corrected chi connectivity index (χ2v) is 8.51. The van der Waals surface area contributed by atoms with Crippen molar-refractivity contribution >= 4 is 46.2 Å². The number of carbonyl (C=O) groups excluding carboxylic acids is 2. The second-order valence-electron chi connectivity index (χ2n) is 6.79. The molecular formula is C23H16N10O2S2. The van der Waals surface area contributed by atoms with Crippen molar-refractivity contribution < 1.29 is 9.59 Å². The van der Waals surface area contributed by atoms with Gasteiger partial charge in [-0.25, -0.2) is 19.7 Å². The zero-order valence-corrected chi connectivity index (χ0v) is 20.4. The van der Waals surface area contributed by atoms with Gasteiger partial charge in [0.1, 0.15) is 27.3 Å². The van der Waals surface area contributed by atoms with Crippen LogP contribution in [0.4, 0.5) is 16.4 Å². The zero-order chi connectivity index (χ0) is 25.9. The van der Waals surface area contributed by atoms with Gasteiger partial charge >= 0.3 is 6.03 Å². The van der Waals surface area contributed by atoms with Crippen molar-refractivity contribution in [3.63, 3.8) is 0 Å². The molecule has 0 bridgehead atoms. The van der Waals surface area contributed by atoms with E-state index >= 15 is 0 Å². The van der Waals surface area contributed by atoms with E-state index in [2.05, 4.69) is 45.6 Å². The summed E-state index contributed by atoms with van der Waals surface area (Å²) in [6.45, 7) is 0. The third kappa shape index (κ3) is 7.22. The molecule has 2 N–H and O–H groups in total. The van der Waals surface area contributed by atoms with Crippen LogP contribution >= 0.6 is 22.7 Å². The molecule has 5 heterocycles. The van der Waals surface area contributed by atoms with Crippen molar-refractivity contribution in [2.24, 2.45) is 5.11 Å². The summed E-state index contributed by atoms with van der Waals surface area (Å²) in [7, 11) is 0. The van der Waals surface area contributed by atoms with Crippen LogP contribution in [0.25, 0.3) is 31.8 Å². The first kappa shape index (κ1) is 25.1. The summed E-state index contributed by atoms with van der Waals surface area (Å²) in [5.74, 6) is 0.283. The Bertz CT molecular complexity index is 1520. The highest BCUT2D eigenvalue weighted by Gasteiger charge is 2.11. The van der Waals surface area contributed by atoms with Crippen LogP contribution in [-0.4, -0.2) is 36.9 Å². The molecule has 5 aromatic rings. The number of pyridine rings is 3. The van der Waals surface area contributed by atoms with Crippen LogP contribution in [0.15, 0.2) is 89.1 Å². The van der Waals surface area contributed by atoms with Gasteiger partial charge in [-0.3, -0.25) is 25.4 Å². The first-order chi connectivity index (χ1) is 18.1. The fourth-order valence-corrected chi connectivity index (χ4v) is 4.21. The van der Waals surface area contributed by atoms with Crippen molar-refractivity contribution in [3.05, 3.63) is 100 Å². The third-order valence-electron chi connectivity index (χ3n) is 4.28. The van der Waals surface area contributed by atoms with E-state index in [9.17, 15) is 9.59 Å². The van der Waals surface area contributed by atoms with Crippen LogP contribution in [0.3, 0.4) is 0 Å². The van der Waals surface area contributed by atoms with E-state index in [-0.39, 0.29) is 11.7 Å². The number of hydrogen-bond donors (Lipinski definition) is 2. The van der Waals surface area contributed by atoms with Crippen LogP contribution in [0, 0.1) is 0 Å². The molecule has 0 aromatic carbocycles. The summed E-state index contributed by atoms with van der Waals surface area (Å²) in [5.41, 5.74) is 9.73. The minimum Gasteiger partial charge on any atom is -0.292 e. The fourth-order valence-electron chi connectivity index (χ4n) is 2.71. The van der Waals surface area contributed by atoms with Crippen molar-refractivity contribution in [1.29, 1.82) is 0 Å². The Morgan fingerprint density at radius 1 is 0.757 bits per heavy atom. The number of azide groups is 1. The summed E-state index contributed by atoms with van der Waals surface area (Å²) in [6.07, 6.45) is 4.96. The normalized spacial score (nSPS) is 9.84. The van der Waals surface area contributed by atoms with E-state index < -0.39 is 5.91 Å². The number of rotatable bonds is 5. The molecule has 0 aliphatic heterocycles. The van der Waals surface area contributed by atoms with Crippen molar-refractivity contribution in [2.45, 2.75) is 0 Å². The highest BCUT2D eigenvalue weighted by atomic mass is 32.1. The maximum absolute atomic E-state index is 11.8. The topological polar surface area (TPSA) is 171 Å². The summed E-state index contributed by atoms with van der Waals surface area (Å²) < 4.78 is 0. The lowest BCUT2D eigenvalue weighted by Gasteiger charge is -2.03. The number of thiazole rings is 2. The van der Waals surface area contributed by atoms with E-state index in [4.69, 9.17) is 5.53 Å². The first-order valence-corrected chi connectivity index (χ1v) is 12.2. The molecule has 0 atom stereocenters. The van der Waals surface area contributed by atoms with E-state index in [0.29, 0.717) is 22.3 Å². The predicted molar refractivity (Wildman–Crippen MR) is 141 cm³/mol. The van der Waals surface area contributed by atoms with Crippen molar-refractivity contribution in [1.82, 2.24) is 24.9 Å². The van der Waals surface area contributed by atoms with Gasteiger partial charge in [0.2, 0.25) is 0 Å². The number of anilines is 2. The van der Waals surface area contributed by atoms with E-state index in [0.717, 1.165) is 10.7 Å². The smallest absolute Gasteiger partial charge is 0.292 e. The molecule has 0 aliphatic rings. The molecule has 5 aromatic heterocycles. The highest BCUT2D eigenvalue weighted by Crippen LogP contribution is 2.24. The molecule has 0 spiro atoms. The molecule has 0 radical (unpaired) electrons. The molecule has 0 saturated heterocycles. The van der Waals surface area contributed by atoms with E-state index in [1.54, 1.807) is 59.7 Å². The second kappa shape index (κ2) is 12.6. The van der Waals surface area contributed by atoms with Gasteiger partial charge < -0.3 is 0 Å². The average Bonchev–Trinajstić information content (AvgIpc) is 3.61. The molecule has 14 heteroatoms. The van der Waals surface area contributed by atoms with Crippen molar-refractivity contribution in [2.75, 3.05) is 10.6 Å². The van der Waals surface area contributed by atoms with Crippen LogP contribution in [-0.2, 0) is 0 Å². The molecule has 182 valence electrons. The number of carbonyl (C=O) groups is 2. The lowest BCUT2D eigenvalue weighted by molar-refractivity contribution is 0.0996. The summed E-state index contributed by atoms with van der Waals surface area (Å²) in [4.78, 5) is 46.1. The molecule has 3 amide bonds. The van der Waals surface area contributed by atoms with E-state index in [1.807, 2.05) is 24.3 Å². The Labute approximate surface area is 217 Å². The van der Waals surface area contributed by atoms with Crippen LogP contribution in [0.1, 0.15) is 10.5 Å². The molecule has 0 saturated carbocycles. The monoisotopic (exact) mass is 528 g/mol.